The highest BCUT2D eigenvalue weighted by Gasteiger charge is 2.25. The minimum atomic E-state index is -0.200. The van der Waals surface area contributed by atoms with Crippen LogP contribution < -0.4 is 0 Å². The molecule has 0 amide bonds. The summed E-state index contributed by atoms with van der Waals surface area (Å²) in [5, 5.41) is 9.40. The van der Waals surface area contributed by atoms with E-state index in [1.165, 1.54) is 0 Å². The maximum atomic E-state index is 12.1. The van der Waals surface area contributed by atoms with Crippen LogP contribution >= 0.6 is 15.9 Å². The van der Waals surface area contributed by atoms with Crippen LogP contribution in [0, 0.1) is 5.92 Å². The van der Waals surface area contributed by atoms with Crippen LogP contribution in [0.15, 0.2) is 28.7 Å². The smallest absolute Gasteiger partial charge is 0.165 e. The predicted octanol–water partition coefficient (Wildman–Crippen LogP) is 3.18. The largest absolute Gasteiger partial charge is 0.393 e. The molecule has 0 spiro atoms. The summed E-state index contributed by atoms with van der Waals surface area (Å²) in [6, 6.07) is 7.50. The van der Waals surface area contributed by atoms with Gasteiger partial charge in [-0.1, -0.05) is 28.1 Å². The van der Waals surface area contributed by atoms with Crippen LogP contribution in [0.25, 0.3) is 0 Å². The predicted molar refractivity (Wildman–Crippen MR) is 66.4 cm³/mol. The van der Waals surface area contributed by atoms with Gasteiger partial charge in [0.05, 0.1) is 6.10 Å². The second-order valence-electron chi connectivity index (χ2n) is 4.38. The van der Waals surface area contributed by atoms with E-state index in [9.17, 15) is 9.90 Å². The first-order valence-corrected chi connectivity index (χ1v) is 6.44. The second-order valence-corrected chi connectivity index (χ2v) is 5.29. The van der Waals surface area contributed by atoms with Crippen molar-refractivity contribution in [2.24, 2.45) is 5.92 Å². The molecular weight excluding hydrogens is 268 g/mol. The van der Waals surface area contributed by atoms with Gasteiger partial charge in [0.2, 0.25) is 0 Å². The summed E-state index contributed by atoms with van der Waals surface area (Å²) in [7, 11) is 0. The molecule has 1 aliphatic carbocycles. The Bertz CT molecular complexity index is 364. The number of halogens is 1. The number of ketones is 1. The van der Waals surface area contributed by atoms with E-state index in [-0.39, 0.29) is 17.8 Å². The highest BCUT2D eigenvalue weighted by atomic mass is 79.9. The Morgan fingerprint density at radius 2 is 1.69 bits per heavy atom. The fourth-order valence-corrected chi connectivity index (χ4v) is 2.45. The molecular formula is C13H15BrO2. The van der Waals surface area contributed by atoms with Crippen LogP contribution in [0.1, 0.15) is 36.0 Å². The normalized spacial score (nSPS) is 25.4. The van der Waals surface area contributed by atoms with Crippen molar-refractivity contribution in [1.82, 2.24) is 0 Å². The first-order chi connectivity index (χ1) is 7.66. The molecule has 1 aliphatic rings. The summed E-state index contributed by atoms with van der Waals surface area (Å²) in [5.41, 5.74) is 0.782. The van der Waals surface area contributed by atoms with Crippen molar-refractivity contribution in [2.75, 3.05) is 0 Å². The molecule has 0 heterocycles. The molecule has 86 valence electrons. The molecule has 0 radical (unpaired) electrons. The number of hydrogen-bond donors (Lipinski definition) is 1. The van der Waals surface area contributed by atoms with Gasteiger partial charge in [0.25, 0.3) is 0 Å². The van der Waals surface area contributed by atoms with Crippen LogP contribution in [0.5, 0.6) is 0 Å². The van der Waals surface area contributed by atoms with E-state index >= 15 is 0 Å². The second kappa shape index (κ2) is 5.11. The number of benzene rings is 1. The summed E-state index contributed by atoms with van der Waals surface area (Å²) < 4.78 is 0.989. The summed E-state index contributed by atoms with van der Waals surface area (Å²) in [4.78, 5) is 12.1. The number of hydrogen-bond acceptors (Lipinski definition) is 2. The fourth-order valence-electron chi connectivity index (χ4n) is 2.19. The Labute approximate surface area is 104 Å². The average molecular weight is 283 g/mol. The molecule has 0 unspecified atom stereocenters. The molecule has 16 heavy (non-hydrogen) atoms. The third-order valence-corrected chi connectivity index (χ3v) is 3.72. The van der Waals surface area contributed by atoms with E-state index in [0.29, 0.717) is 0 Å². The van der Waals surface area contributed by atoms with Crippen molar-refractivity contribution < 1.29 is 9.90 Å². The Kier molecular flexibility index (Phi) is 3.77. The number of carbonyl (C=O) groups excluding carboxylic acids is 1. The minimum Gasteiger partial charge on any atom is -0.393 e. The quantitative estimate of drug-likeness (QED) is 0.846. The lowest BCUT2D eigenvalue weighted by Gasteiger charge is -2.24. The SMILES string of the molecule is O=C(c1ccc(Br)cc1)C1CCC(O)CC1. The van der Waals surface area contributed by atoms with Crippen LogP contribution in [0.3, 0.4) is 0 Å². The topological polar surface area (TPSA) is 37.3 Å². The maximum Gasteiger partial charge on any atom is 0.165 e. The molecule has 0 aliphatic heterocycles. The van der Waals surface area contributed by atoms with Crippen LogP contribution in [-0.2, 0) is 0 Å². The Morgan fingerprint density at radius 1 is 1.12 bits per heavy atom. The summed E-state index contributed by atoms with van der Waals surface area (Å²) >= 11 is 3.35. The van der Waals surface area contributed by atoms with Crippen molar-refractivity contribution in [3.8, 4) is 0 Å². The van der Waals surface area contributed by atoms with E-state index in [4.69, 9.17) is 0 Å². The third-order valence-electron chi connectivity index (χ3n) is 3.20. The molecule has 0 atom stereocenters. The van der Waals surface area contributed by atoms with Crippen molar-refractivity contribution in [1.29, 1.82) is 0 Å². The average Bonchev–Trinajstić information content (AvgIpc) is 2.30. The van der Waals surface area contributed by atoms with Crippen LogP contribution in [-0.4, -0.2) is 17.0 Å². The molecule has 0 aromatic heterocycles. The summed E-state index contributed by atoms with van der Waals surface area (Å²) in [6.07, 6.45) is 2.94. The van der Waals surface area contributed by atoms with Gasteiger partial charge in [-0.3, -0.25) is 4.79 Å². The van der Waals surface area contributed by atoms with E-state index in [0.717, 1.165) is 35.7 Å². The first-order valence-electron chi connectivity index (χ1n) is 5.64. The molecule has 2 nitrogen and oxygen atoms in total. The third kappa shape index (κ3) is 2.71. The standard InChI is InChI=1S/C13H15BrO2/c14-11-5-1-9(2-6-11)13(16)10-3-7-12(15)8-4-10/h1-2,5-6,10,12,15H,3-4,7-8H2. The summed E-state index contributed by atoms with van der Waals surface area (Å²) in [5.74, 6) is 0.323. The van der Waals surface area contributed by atoms with Gasteiger partial charge in [0.1, 0.15) is 0 Å². The van der Waals surface area contributed by atoms with Gasteiger partial charge in [0.15, 0.2) is 5.78 Å². The molecule has 1 N–H and O–H groups in total. The highest BCUT2D eigenvalue weighted by Crippen LogP contribution is 2.27. The monoisotopic (exact) mass is 282 g/mol. The molecule has 1 aromatic rings. The van der Waals surface area contributed by atoms with Gasteiger partial charge in [0, 0.05) is 16.0 Å². The van der Waals surface area contributed by atoms with Gasteiger partial charge >= 0.3 is 0 Å². The molecule has 1 fully saturated rings. The lowest BCUT2D eigenvalue weighted by atomic mass is 9.82. The van der Waals surface area contributed by atoms with Crippen LogP contribution in [0.2, 0.25) is 0 Å². The molecule has 2 rings (SSSR count). The number of aliphatic hydroxyl groups excluding tert-OH is 1. The van der Waals surface area contributed by atoms with Gasteiger partial charge < -0.3 is 5.11 Å². The van der Waals surface area contributed by atoms with Crippen LogP contribution in [0.4, 0.5) is 0 Å². The Balaban J connectivity index is 2.05. The van der Waals surface area contributed by atoms with E-state index < -0.39 is 0 Å². The first kappa shape index (κ1) is 11.8. The fraction of sp³-hybridized carbons (Fsp3) is 0.462. The zero-order valence-corrected chi connectivity index (χ0v) is 10.6. The van der Waals surface area contributed by atoms with Gasteiger partial charge in [-0.2, -0.15) is 0 Å². The van der Waals surface area contributed by atoms with Gasteiger partial charge in [-0.15, -0.1) is 0 Å². The van der Waals surface area contributed by atoms with Crippen molar-refractivity contribution in [3.63, 3.8) is 0 Å². The minimum absolute atomic E-state index is 0.101. The molecule has 1 aromatic carbocycles. The van der Waals surface area contributed by atoms with Gasteiger partial charge in [-0.05, 0) is 37.8 Å². The number of aliphatic hydroxyl groups is 1. The van der Waals surface area contributed by atoms with Crippen molar-refractivity contribution in [3.05, 3.63) is 34.3 Å². The number of rotatable bonds is 2. The highest BCUT2D eigenvalue weighted by molar-refractivity contribution is 9.10. The molecule has 0 saturated heterocycles. The van der Waals surface area contributed by atoms with Crippen molar-refractivity contribution in [2.45, 2.75) is 31.8 Å². The number of carbonyl (C=O) groups is 1. The maximum absolute atomic E-state index is 12.1. The lowest BCUT2D eigenvalue weighted by molar-refractivity contribution is 0.0764. The molecule has 3 heteroatoms. The van der Waals surface area contributed by atoms with E-state index in [2.05, 4.69) is 15.9 Å². The zero-order chi connectivity index (χ0) is 11.5. The van der Waals surface area contributed by atoms with Crippen molar-refractivity contribution >= 4 is 21.7 Å². The molecule has 1 saturated carbocycles. The van der Waals surface area contributed by atoms with E-state index in [1.54, 1.807) is 0 Å². The molecule has 0 bridgehead atoms. The zero-order valence-electron chi connectivity index (χ0n) is 9.03. The van der Waals surface area contributed by atoms with Gasteiger partial charge in [-0.25, -0.2) is 0 Å². The lowest BCUT2D eigenvalue weighted by Crippen LogP contribution is -2.24. The number of Topliss-reactive ketones (excluding diaryl/α,β-unsaturated/α-hetero) is 1. The van der Waals surface area contributed by atoms with E-state index in [1.807, 2.05) is 24.3 Å². The Hall–Kier alpha value is -0.670. The summed E-state index contributed by atoms with van der Waals surface area (Å²) in [6.45, 7) is 0. The Morgan fingerprint density at radius 3 is 2.25 bits per heavy atom.